The molecule has 9 nitrogen and oxygen atoms in total. The number of hydrogen-bond acceptors (Lipinski definition) is 7. The molecule has 10 heteroatoms. The van der Waals surface area contributed by atoms with Gasteiger partial charge in [0.1, 0.15) is 0 Å². The molecular weight excluding hydrogens is 456 g/mol. The highest BCUT2D eigenvalue weighted by atomic mass is 32.2. The Balaban J connectivity index is 1.53. The van der Waals surface area contributed by atoms with Crippen LogP contribution in [0.25, 0.3) is 0 Å². The van der Waals surface area contributed by atoms with Gasteiger partial charge >= 0.3 is 0 Å². The molecule has 1 N–H and O–H groups in total. The first-order valence-corrected chi connectivity index (χ1v) is 13.0. The van der Waals surface area contributed by atoms with Gasteiger partial charge in [-0.3, -0.25) is 4.79 Å². The van der Waals surface area contributed by atoms with Crippen molar-refractivity contribution in [1.82, 2.24) is 9.62 Å². The lowest BCUT2D eigenvalue weighted by Gasteiger charge is -2.31. The molecule has 1 amide bonds. The van der Waals surface area contributed by atoms with Crippen LogP contribution in [0.3, 0.4) is 0 Å². The zero-order chi connectivity index (χ0) is 24.0. The average molecular weight is 489 g/mol. The van der Waals surface area contributed by atoms with Crippen molar-refractivity contribution in [3.05, 3.63) is 54.1 Å². The summed E-state index contributed by atoms with van der Waals surface area (Å²) in [6.45, 7) is 4.82. The predicted molar refractivity (Wildman–Crippen MR) is 131 cm³/mol. The average Bonchev–Trinajstić information content (AvgIpc) is 2.89. The molecule has 34 heavy (non-hydrogen) atoms. The molecule has 0 spiro atoms. The number of anilines is 2. The smallest absolute Gasteiger partial charge is 0.253 e. The Morgan fingerprint density at radius 1 is 0.971 bits per heavy atom. The van der Waals surface area contributed by atoms with E-state index in [1.165, 1.54) is 10.4 Å². The van der Waals surface area contributed by atoms with E-state index >= 15 is 0 Å². The minimum absolute atomic E-state index is 0.123. The predicted octanol–water partition coefficient (Wildman–Crippen LogP) is 1.41. The van der Waals surface area contributed by atoms with Crippen LogP contribution in [0, 0.1) is 0 Å². The molecule has 2 aromatic rings. The fourth-order valence-electron chi connectivity index (χ4n) is 4.12. The van der Waals surface area contributed by atoms with Crippen LogP contribution in [0.15, 0.2) is 53.4 Å². The molecule has 0 aromatic heterocycles. The van der Waals surface area contributed by atoms with E-state index in [1.807, 2.05) is 37.4 Å². The fourth-order valence-corrected chi connectivity index (χ4v) is 5.55. The lowest BCUT2D eigenvalue weighted by molar-refractivity contribution is 0.0730. The maximum absolute atomic E-state index is 13.3. The number of carbonyl (C=O) groups excluding carboxylic acids is 1. The topological polar surface area (TPSA) is 91.4 Å². The number of rotatable bonds is 8. The van der Waals surface area contributed by atoms with Gasteiger partial charge in [0.25, 0.3) is 5.91 Å². The number of nitrogens with zero attached hydrogens (tertiary/aromatic N) is 3. The fraction of sp³-hybridized carbons (Fsp3) is 0.458. The van der Waals surface area contributed by atoms with Crippen LogP contribution >= 0.6 is 0 Å². The Morgan fingerprint density at radius 2 is 1.62 bits per heavy atom. The van der Waals surface area contributed by atoms with E-state index in [-0.39, 0.29) is 10.8 Å². The summed E-state index contributed by atoms with van der Waals surface area (Å²) in [7, 11) is -1.75. The van der Waals surface area contributed by atoms with Crippen LogP contribution in [0.1, 0.15) is 10.4 Å². The zero-order valence-corrected chi connectivity index (χ0v) is 20.3. The molecule has 0 aliphatic carbocycles. The minimum atomic E-state index is -3.71. The van der Waals surface area contributed by atoms with Crippen LogP contribution in [0.5, 0.6) is 0 Å². The Kier molecular flexibility index (Phi) is 8.04. The molecule has 0 bridgehead atoms. The van der Waals surface area contributed by atoms with Gasteiger partial charge in [-0.1, -0.05) is 18.2 Å². The van der Waals surface area contributed by atoms with E-state index in [0.29, 0.717) is 71.3 Å². The van der Waals surface area contributed by atoms with Gasteiger partial charge in [-0.2, -0.15) is 4.31 Å². The molecule has 0 saturated carbocycles. The lowest BCUT2D eigenvalue weighted by atomic mass is 10.1. The molecule has 2 aliphatic heterocycles. The first-order chi connectivity index (χ1) is 16.5. The van der Waals surface area contributed by atoms with Crippen molar-refractivity contribution < 1.29 is 22.7 Å². The lowest BCUT2D eigenvalue weighted by Crippen LogP contribution is -2.41. The third-order valence-corrected chi connectivity index (χ3v) is 8.00. The second-order valence-electron chi connectivity index (χ2n) is 8.31. The van der Waals surface area contributed by atoms with Crippen molar-refractivity contribution in [3.8, 4) is 0 Å². The van der Waals surface area contributed by atoms with Crippen molar-refractivity contribution in [1.29, 1.82) is 0 Å². The molecule has 2 heterocycles. The van der Waals surface area contributed by atoms with Gasteiger partial charge in [0.05, 0.1) is 36.9 Å². The number of morpholine rings is 2. The summed E-state index contributed by atoms with van der Waals surface area (Å²) in [4.78, 5) is 17.5. The van der Waals surface area contributed by atoms with Crippen molar-refractivity contribution in [3.63, 3.8) is 0 Å². The molecule has 0 radical (unpaired) electrons. The summed E-state index contributed by atoms with van der Waals surface area (Å²) in [5.41, 5.74) is 2.14. The third-order valence-electron chi connectivity index (χ3n) is 6.10. The van der Waals surface area contributed by atoms with Crippen molar-refractivity contribution in [2.24, 2.45) is 0 Å². The second kappa shape index (κ2) is 11.2. The highest BCUT2D eigenvalue weighted by Gasteiger charge is 2.29. The summed E-state index contributed by atoms with van der Waals surface area (Å²) in [6.07, 6.45) is 0. The molecule has 2 aliphatic rings. The molecule has 2 aromatic carbocycles. The van der Waals surface area contributed by atoms with Crippen LogP contribution < -0.4 is 15.1 Å². The molecule has 4 rings (SSSR count). The van der Waals surface area contributed by atoms with Crippen molar-refractivity contribution in [2.45, 2.75) is 4.90 Å². The highest BCUT2D eigenvalue weighted by molar-refractivity contribution is 7.89. The van der Waals surface area contributed by atoms with Gasteiger partial charge in [-0.25, -0.2) is 8.42 Å². The van der Waals surface area contributed by atoms with Gasteiger partial charge in [0.15, 0.2) is 0 Å². The largest absolute Gasteiger partial charge is 0.379 e. The van der Waals surface area contributed by atoms with E-state index in [0.717, 1.165) is 11.4 Å². The Morgan fingerprint density at radius 3 is 2.29 bits per heavy atom. The van der Waals surface area contributed by atoms with Crippen molar-refractivity contribution in [2.75, 3.05) is 82.5 Å². The number of likely N-dealkylation sites (N-methyl/N-ethyl adjacent to an activating group) is 1. The van der Waals surface area contributed by atoms with Crippen LogP contribution in [-0.2, 0) is 19.5 Å². The number of benzene rings is 2. The standard InChI is InChI=1S/C24H32N4O5S/c1-26(20-5-3-2-4-6-20)10-9-25-24(29)22-19-21(34(30,31)28-13-17-33-18-14-28)7-8-23(22)27-11-15-32-16-12-27/h2-8,19H,9-18H2,1H3,(H,25,29). The van der Waals surface area contributed by atoms with E-state index < -0.39 is 10.0 Å². The van der Waals surface area contributed by atoms with Gasteiger partial charge < -0.3 is 24.6 Å². The second-order valence-corrected chi connectivity index (χ2v) is 10.2. The molecule has 2 fully saturated rings. The van der Waals surface area contributed by atoms with E-state index in [1.54, 1.807) is 12.1 Å². The third kappa shape index (κ3) is 5.69. The quantitative estimate of drug-likeness (QED) is 0.601. The number of sulfonamides is 1. The Labute approximate surface area is 201 Å². The number of para-hydroxylation sites is 1. The molecule has 2 saturated heterocycles. The first kappa shape index (κ1) is 24.5. The van der Waals surface area contributed by atoms with Gasteiger partial charge in [0.2, 0.25) is 10.0 Å². The van der Waals surface area contributed by atoms with Gasteiger partial charge in [-0.15, -0.1) is 0 Å². The number of amides is 1. The summed E-state index contributed by atoms with van der Waals surface area (Å²) in [5, 5.41) is 2.97. The number of nitrogens with one attached hydrogen (secondary N) is 1. The zero-order valence-electron chi connectivity index (χ0n) is 19.5. The molecule has 0 unspecified atom stereocenters. The SMILES string of the molecule is CN(CCNC(=O)c1cc(S(=O)(=O)N2CCOCC2)ccc1N1CCOCC1)c1ccccc1. The maximum Gasteiger partial charge on any atom is 0.253 e. The Hall–Kier alpha value is -2.66. The highest BCUT2D eigenvalue weighted by Crippen LogP contribution is 2.27. The van der Waals surface area contributed by atoms with E-state index in [9.17, 15) is 13.2 Å². The number of hydrogen-bond donors (Lipinski definition) is 1. The van der Waals surface area contributed by atoms with Crippen LogP contribution in [-0.4, -0.2) is 91.4 Å². The van der Waals surface area contributed by atoms with Crippen molar-refractivity contribution >= 4 is 27.3 Å². The first-order valence-electron chi connectivity index (χ1n) is 11.6. The maximum atomic E-state index is 13.3. The minimum Gasteiger partial charge on any atom is -0.379 e. The number of carbonyl (C=O) groups is 1. The molecule has 184 valence electrons. The molecular formula is C24H32N4O5S. The summed E-state index contributed by atoms with van der Waals surface area (Å²) in [6, 6.07) is 14.8. The summed E-state index contributed by atoms with van der Waals surface area (Å²) >= 11 is 0. The monoisotopic (exact) mass is 488 g/mol. The summed E-state index contributed by atoms with van der Waals surface area (Å²) in [5.74, 6) is -0.290. The van der Waals surface area contributed by atoms with Gasteiger partial charge in [-0.05, 0) is 30.3 Å². The number of ether oxygens (including phenoxy) is 2. The normalized spacial score (nSPS) is 17.4. The van der Waals surface area contributed by atoms with Gasteiger partial charge in [0, 0.05) is 57.7 Å². The molecule has 0 atom stereocenters. The van der Waals surface area contributed by atoms with Crippen LogP contribution in [0.4, 0.5) is 11.4 Å². The summed E-state index contributed by atoms with van der Waals surface area (Å²) < 4.78 is 38.6. The van der Waals surface area contributed by atoms with E-state index in [4.69, 9.17) is 9.47 Å². The van der Waals surface area contributed by atoms with E-state index in [2.05, 4.69) is 15.1 Å². The Bertz CT molecular complexity index is 1070. The van der Waals surface area contributed by atoms with Crippen LogP contribution in [0.2, 0.25) is 0 Å².